The molecule has 0 radical (unpaired) electrons. The van der Waals surface area contributed by atoms with Crippen LogP contribution in [-0.4, -0.2) is 65.1 Å². The molecule has 0 spiro atoms. The lowest BCUT2D eigenvalue weighted by atomic mass is 9.78. The van der Waals surface area contributed by atoms with Gasteiger partial charge in [-0.1, -0.05) is 68.4 Å². The molecule has 1 saturated heterocycles. The van der Waals surface area contributed by atoms with Crippen molar-refractivity contribution in [2.24, 2.45) is 0 Å². The number of fused-ring (bicyclic) bond motifs is 1. The van der Waals surface area contributed by atoms with E-state index in [0.717, 1.165) is 56.2 Å². The fraction of sp³-hybridized carbons (Fsp3) is 0.414. The van der Waals surface area contributed by atoms with Crippen molar-refractivity contribution in [2.75, 3.05) is 45.2 Å². The molecule has 4 N–H and O–H groups in total. The molecule has 2 heterocycles. The average molecular weight is 490 g/mol. The highest BCUT2D eigenvalue weighted by molar-refractivity contribution is 6.01. The Kier molecular flexibility index (Phi) is 10.5. The summed E-state index contributed by atoms with van der Waals surface area (Å²) in [4.78, 5) is 10.9. The molecule has 1 aliphatic carbocycles. The molecule has 7 nitrogen and oxygen atoms in total. The smallest absolute Gasteiger partial charge is 0.220 e. The Balaban J connectivity index is 0.000000276. The second-order valence-corrected chi connectivity index (χ2v) is 8.70. The number of β-amino-alcohol motifs (C(OH)–C–C–N with tert-alkyl or cyclic N) is 1. The molecule has 5 rings (SSSR count). The minimum atomic E-state index is 0.227. The van der Waals surface area contributed by atoms with Crippen molar-refractivity contribution in [3.05, 3.63) is 77.1 Å². The number of benzene rings is 2. The molecule has 3 aromatic rings. The molecule has 1 unspecified atom stereocenters. The second-order valence-electron chi connectivity index (χ2n) is 8.70. The number of nitrogens with one attached hydrogen (secondary N) is 1. The van der Waals surface area contributed by atoms with Gasteiger partial charge in [0.25, 0.3) is 0 Å². The second kappa shape index (κ2) is 13.8. The Labute approximate surface area is 214 Å². The van der Waals surface area contributed by atoms with Crippen LogP contribution in [-0.2, 0) is 11.2 Å². The standard InChI is InChI=1S/C21H20N4.C6H13NO2.C2H6/c1-13-20-18(22)11-15(12-19(20)25-21(23)24-13)17-10-6-5-9-16(17)14-7-3-2-4-8-14;8-4-1-7-2-5-9-6-3-7;1-2/h2-10,15,22H,11-12H2,1H3,(H2,23,24,25);8H,1-6H2;1-2H3. The van der Waals surface area contributed by atoms with E-state index in [-0.39, 0.29) is 12.5 Å². The molecule has 0 saturated carbocycles. The lowest BCUT2D eigenvalue weighted by Crippen LogP contribution is -2.37. The molecule has 2 aliphatic rings. The number of aromatic nitrogens is 2. The van der Waals surface area contributed by atoms with E-state index in [4.69, 9.17) is 21.0 Å². The Hall–Kier alpha value is -3.13. The van der Waals surface area contributed by atoms with Gasteiger partial charge in [0.05, 0.1) is 31.2 Å². The van der Waals surface area contributed by atoms with E-state index >= 15 is 0 Å². The van der Waals surface area contributed by atoms with Crippen LogP contribution in [0.1, 0.15) is 48.7 Å². The topological polar surface area (TPSA) is 108 Å². The molecule has 1 fully saturated rings. The Bertz CT molecular complexity index is 1110. The summed E-state index contributed by atoms with van der Waals surface area (Å²) in [5.41, 5.74) is 12.7. The van der Waals surface area contributed by atoms with Crippen molar-refractivity contribution in [1.29, 1.82) is 5.41 Å². The number of rotatable bonds is 4. The van der Waals surface area contributed by atoms with E-state index < -0.39 is 0 Å². The van der Waals surface area contributed by atoms with Crippen LogP contribution in [0.15, 0.2) is 54.6 Å². The van der Waals surface area contributed by atoms with Gasteiger partial charge >= 0.3 is 0 Å². The van der Waals surface area contributed by atoms with E-state index in [0.29, 0.717) is 18.1 Å². The van der Waals surface area contributed by atoms with Crippen LogP contribution < -0.4 is 5.73 Å². The van der Waals surface area contributed by atoms with Gasteiger partial charge in [-0.3, -0.25) is 4.90 Å². The summed E-state index contributed by atoms with van der Waals surface area (Å²) < 4.78 is 5.12. The quantitative estimate of drug-likeness (QED) is 0.499. The third-order valence-corrected chi connectivity index (χ3v) is 6.38. The maximum atomic E-state index is 8.54. The number of ether oxygens (including phenoxy) is 1. The van der Waals surface area contributed by atoms with E-state index in [1.165, 1.54) is 16.7 Å². The number of hydrogen-bond donors (Lipinski definition) is 3. The molecule has 36 heavy (non-hydrogen) atoms. The lowest BCUT2D eigenvalue weighted by Gasteiger charge is -2.27. The van der Waals surface area contributed by atoms with E-state index in [9.17, 15) is 0 Å². The van der Waals surface area contributed by atoms with Crippen LogP contribution in [0.25, 0.3) is 11.1 Å². The number of nitrogen functional groups attached to an aromatic ring is 1. The number of aliphatic hydroxyl groups is 1. The molecule has 1 atom stereocenters. The van der Waals surface area contributed by atoms with Crippen LogP contribution in [0.4, 0.5) is 5.95 Å². The summed E-state index contributed by atoms with van der Waals surface area (Å²) in [6, 6.07) is 18.9. The highest BCUT2D eigenvalue weighted by Gasteiger charge is 2.28. The number of aryl methyl sites for hydroxylation is 1. The van der Waals surface area contributed by atoms with Gasteiger partial charge in [-0.05, 0) is 42.4 Å². The number of aliphatic hydroxyl groups excluding tert-OH is 1. The SMILES string of the molecule is CC.Cc1nc(N)nc2c1C(=N)CC(c1ccccc1-c1ccccc1)C2.OCCN1CCOCC1. The largest absolute Gasteiger partial charge is 0.395 e. The lowest BCUT2D eigenvalue weighted by molar-refractivity contribution is 0.0306. The summed E-state index contributed by atoms with van der Waals surface area (Å²) in [6.07, 6.45) is 1.49. The van der Waals surface area contributed by atoms with Crippen molar-refractivity contribution < 1.29 is 9.84 Å². The van der Waals surface area contributed by atoms with E-state index in [1.54, 1.807) is 0 Å². The summed E-state index contributed by atoms with van der Waals surface area (Å²) in [7, 11) is 0. The van der Waals surface area contributed by atoms with Crippen molar-refractivity contribution in [3.8, 4) is 11.1 Å². The van der Waals surface area contributed by atoms with Crippen LogP contribution in [0.5, 0.6) is 0 Å². The maximum absolute atomic E-state index is 8.54. The first-order chi connectivity index (χ1) is 17.6. The average Bonchev–Trinajstić information content (AvgIpc) is 2.91. The Morgan fingerprint density at radius 3 is 2.36 bits per heavy atom. The first kappa shape index (κ1) is 27.5. The van der Waals surface area contributed by atoms with Crippen molar-refractivity contribution in [2.45, 2.75) is 39.5 Å². The fourth-order valence-corrected chi connectivity index (χ4v) is 4.77. The summed E-state index contributed by atoms with van der Waals surface area (Å²) in [5, 5.41) is 17.1. The van der Waals surface area contributed by atoms with Gasteiger partial charge in [-0.15, -0.1) is 0 Å². The van der Waals surface area contributed by atoms with Gasteiger partial charge < -0.3 is 21.0 Å². The van der Waals surface area contributed by atoms with Crippen LogP contribution in [0.3, 0.4) is 0 Å². The molecular weight excluding hydrogens is 450 g/mol. The molecule has 0 amide bonds. The number of hydrogen-bond acceptors (Lipinski definition) is 7. The van der Waals surface area contributed by atoms with Crippen LogP contribution in [0.2, 0.25) is 0 Å². The predicted octanol–water partition coefficient (Wildman–Crippen LogP) is 4.47. The molecule has 2 aromatic carbocycles. The Morgan fingerprint density at radius 1 is 1.00 bits per heavy atom. The number of nitrogens with zero attached hydrogens (tertiary/aromatic N) is 3. The monoisotopic (exact) mass is 489 g/mol. The summed E-state index contributed by atoms with van der Waals surface area (Å²) >= 11 is 0. The first-order valence-corrected chi connectivity index (χ1v) is 12.8. The molecule has 1 aromatic heterocycles. The molecule has 192 valence electrons. The molecule has 1 aliphatic heterocycles. The zero-order valence-electron chi connectivity index (χ0n) is 21.7. The highest BCUT2D eigenvalue weighted by atomic mass is 16.5. The van der Waals surface area contributed by atoms with Crippen LogP contribution in [0, 0.1) is 12.3 Å². The van der Waals surface area contributed by atoms with Crippen molar-refractivity contribution in [3.63, 3.8) is 0 Å². The third-order valence-electron chi connectivity index (χ3n) is 6.38. The Morgan fingerprint density at radius 2 is 1.67 bits per heavy atom. The predicted molar refractivity (Wildman–Crippen MR) is 147 cm³/mol. The summed E-state index contributed by atoms with van der Waals surface area (Å²) in [5.74, 6) is 0.520. The molecule has 7 heteroatoms. The van der Waals surface area contributed by atoms with Gasteiger partial charge in [0.1, 0.15) is 0 Å². The minimum absolute atomic E-state index is 0.227. The minimum Gasteiger partial charge on any atom is -0.395 e. The van der Waals surface area contributed by atoms with Crippen molar-refractivity contribution >= 4 is 11.7 Å². The third kappa shape index (κ3) is 6.97. The highest BCUT2D eigenvalue weighted by Crippen LogP contribution is 2.37. The summed E-state index contributed by atoms with van der Waals surface area (Å²) in [6.45, 7) is 10.5. The maximum Gasteiger partial charge on any atom is 0.220 e. The molecular formula is C29H39N5O2. The first-order valence-electron chi connectivity index (χ1n) is 12.8. The van der Waals surface area contributed by atoms with E-state index in [2.05, 4.69) is 63.4 Å². The molecule has 0 bridgehead atoms. The number of nitrogens with two attached hydrogens (primary N) is 1. The fourth-order valence-electron chi connectivity index (χ4n) is 4.77. The van der Waals surface area contributed by atoms with Crippen LogP contribution >= 0.6 is 0 Å². The van der Waals surface area contributed by atoms with Gasteiger partial charge in [-0.25, -0.2) is 9.97 Å². The van der Waals surface area contributed by atoms with Crippen molar-refractivity contribution in [1.82, 2.24) is 14.9 Å². The van der Waals surface area contributed by atoms with Gasteiger partial charge in [0.2, 0.25) is 5.95 Å². The number of anilines is 1. The van der Waals surface area contributed by atoms with Gasteiger partial charge in [0, 0.05) is 30.9 Å². The van der Waals surface area contributed by atoms with Gasteiger partial charge in [-0.2, -0.15) is 0 Å². The van der Waals surface area contributed by atoms with E-state index in [1.807, 2.05) is 26.8 Å². The van der Waals surface area contributed by atoms with Gasteiger partial charge in [0.15, 0.2) is 0 Å². The normalized spacial score (nSPS) is 17.2. The zero-order chi connectivity index (χ0) is 25.9. The number of morpholine rings is 1. The zero-order valence-corrected chi connectivity index (χ0v) is 21.7.